The van der Waals surface area contributed by atoms with Crippen molar-refractivity contribution in [1.82, 2.24) is 14.6 Å². The Hall–Kier alpha value is -2.25. The maximum absolute atomic E-state index is 13.1. The van der Waals surface area contributed by atoms with E-state index in [-0.39, 0.29) is 17.9 Å². The van der Waals surface area contributed by atoms with Gasteiger partial charge in [-0.3, -0.25) is 9.78 Å². The lowest BCUT2D eigenvalue weighted by Gasteiger charge is -2.31. The van der Waals surface area contributed by atoms with Crippen molar-refractivity contribution in [3.63, 3.8) is 0 Å². The Morgan fingerprint density at radius 2 is 1.83 bits per heavy atom. The van der Waals surface area contributed by atoms with Gasteiger partial charge in [-0.1, -0.05) is 12.1 Å². The molecule has 1 saturated heterocycles. The van der Waals surface area contributed by atoms with Crippen LogP contribution in [-0.2, 0) is 27.7 Å². The molecule has 2 aliphatic rings. The second-order valence-corrected chi connectivity index (χ2v) is 10.2. The third kappa shape index (κ3) is 4.42. The Kier molecular flexibility index (Phi) is 6.20. The van der Waals surface area contributed by atoms with E-state index in [4.69, 9.17) is 0 Å². The van der Waals surface area contributed by atoms with Crippen LogP contribution in [0.3, 0.4) is 0 Å². The minimum atomic E-state index is -3.52. The van der Waals surface area contributed by atoms with Crippen LogP contribution in [0.1, 0.15) is 55.5 Å². The Morgan fingerprint density at radius 1 is 1.10 bits per heavy atom. The van der Waals surface area contributed by atoms with Crippen LogP contribution in [-0.4, -0.2) is 36.7 Å². The summed E-state index contributed by atoms with van der Waals surface area (Å²) in [6.45, 7) is 2.65. The van der Waals surface area contributed by atoms with Gasteiger partial charge in [-0.15, -0.1) is 0 Å². The van der Waals surface area contributed by atoms with Gasteiger partial charge in [0.05, 0.1) is 16.6 Å². The highest BCUT2D eigenvalue weighted by molar-refractivity contribution is 7.89. The van der Waals surface area contributed by atoms with Crippen molar-refractivity contribution < 1.29 is 13.2 Å². The summed E-state index contributed by atoms with van der Waals surface area (Å²) in [6, 6.07) is 11.0. The first-order valence-corrected chi connectivity index (χ1v) is 12.2. The molecule has 30 heavy (non-hydrogen) atoms. The van der Waals surface area contributed by atoms with E-state index in [1.165, 1.54) is 21.9 Å². The van der Waals surface area contributed by atoms with Crippen molar-refractivity contribution in [1.29, 1.82) is 0 Å². The van der Waals surface area contributed by atoms with Crippen molar-refractivity contribution in [3.8, 4) is 0 Å². The highest BCUT2D eigenvalue weighted by atomic mass is 32.2. The molecule has 1 aliphatic carbocycles. The normalized spacial score (nSPS) is 19.1. The molecule has 1 aliphatic heterocycles. The predicted octanol–water partition coefficient (Wildman–Crippen LogP) is 3.24. The molecule has 1 aromatic carbocycles. The standard InChI is InChI=1S/C23H29N3O3S/c1-17(22-8-4-5-13-24-22)25-23(27)19-11-14-26(15-12-19)30(28,29)21-10-9-18-6-2-3-7-20(18)16-21/h4-5,8-10,13,16-17,19H,2-3,6-7,11-12,14-15H2,1H3,(H,25,27)/t17-/m1/s1. The average molecular weight is 428 g/mol. The number of aryl methyl sites for hydroxylation is 2. The number of sulfonamides is 1. The maximum atomic E-state index is 13.1. The van der Waals surface area contributed by atoms with Crippen LogP contribution in [0.5, 0.6) is 0 Å². The molecule has 0 bridgehead atoms. The molecule has 0 saturated carbocycles. The SMILES string of the molecule is C[C@@H](NC(=O)C1CCN(S(=O)(=O)c2ccc3c(c2)CCCC3)CC1)c1ccccn1. The van der Waals surface area contributed by atoms with Crippen molar-refractivity contribution in [2.24, 2.45) is 5.92 Å². The quantitative estimate of drug-likeness (QED) is 0.795. The maximum Gasteiger partial charge on any atom is 0.243 e. The predicted molar refractivity (Wildman–Crippen MR) is 115 cm³/mol. The number of nitrogens with one attached hydrogen (secondary N) is 1. The molecule has 0 spiro atoms. The lowest BCUT2D eigenvalue weighted by Crippen LogP contribution is -2.43. The number of benzene rings is 1. The summed E-state index contributed by atoms with van der Waals surface area (Å²) in [6.07, 6.45) is 7.06. The van der Waals surface area contributed by atoms with Crippen molar-refractivity contribution in [2.45, 2.75) is 56.4 Å². The second kappa shape index (κ2) is 8.86. The van der Waals surface area contributed by atoms with Crippen LogP contribution in [0.4, 0.5) is 0 Å². The first kappa shape index (κ1) is 21.0. The van der Waals surface area contributed by atoms with Gasteiger partial charge in [-0.25, -0.2) is 8.42 Å². The van der Waals surface area contributed by atoms with Gasteiger partial charge in [0.1, 0.15) is 0 Å². The van der Waals surface area contributed by atoms with E-state index in [1.807, 2.05) is 37.3 Å². The van der Waals surface area contributed by atoms with Gasteiger partial charge in [0, 0.05) is 25.2 Å². The monoisotopic (exact) mass is 427 g/mol. The number of carbonyl (C=O) groups is 1. The van der Waals surface area contributed by atoms with E-state index in [0.717, 1.165) is 25.0 Å². The lowest BCUT2D eigenvalue weighted by molar-refractivity contribution is -0.126. The second-order valence-electron chi connectivity index (χ2n) is 8.30. The van der Waals surface area contributed by atoms with Gasteiger partial charge in [-0.05, 0) is 80.8 Å². The first-order chi connectivity index (χ1) is 14.4. The lowest BCUT2D eigenvalue weighted by atomic mass is 9.92. The highest BCUT2D eigenvalue weighted by Crippen LogP contribution is 2.28. The first-order valence-electron chi connectivity index (χ1n) is 10.8. The van der Waals surface area contributed by atoms with Crippen LogP contribution < -0.4 is 5.32 Å². The van der Waals surface area contributed by atoms with Crippen molar-refractivity contribution in [2.75, 3.05) is 13.1 Å². The molecule has 7 heteroatoms. The number of piperidine rings is 1. The van der Waals surface area contributed by atoms with E-state index in [0.29, 0.717) is 30.8 Å². The molecule has 1 aromatic heterocycles. The molecule has 1 N–H and O–H groups in total. The third-order valence-electron chi connectivity index (χ3n) is 6.27. The molecule has 1 amide bonds. The van der Waals surface area contributed by atoms with Gasteiger partial charge >= 0.3 is 0 Å². The van der Waals surface area contributed by atoms with E-state index in [2.05, 4.69) is 10.3 Å². The molecular weight excluding hydrogens is 398 g/mol. The number of nitrogens with zero attached hydrogens (tertiary/aromatic N) is 2. The molecule has 6 nitrogen and oxygen atoms in total. The number of pyridine rings is 1. The van der Waals surface area contributed by atoms with Crippen LogP contribution in [0, 0.1) is 5.92 Å². The fourth-order valence-electron chi connectivity index (χ4n) is 4.41. The number of carbonyl (C=O) groups excluding carboxylic acids is 1. The highest BCUT2D eigenvalue weighted by Gasteiger charge is 2.33. The molecule has 1 fully saturated rings. The summed E-state index contributed by atoms with van der Waals surface area (Å²) in [5.41, 5.74) is 3.26. The molecule has 0 unspecified atom stereocenters. The fourth-order valence-corrected chi connectivity index (χ4v) is 5.94. The molecule has 0 radical (unpaired) electrons. The molecule has 160 valence electrons. The van der Waals surface area contributed by atoms with Gasteiger partial charge in [0.15, 0.2) is 0 Å². The number of hydrogen-bond acceptors (Lipinski definition) is 4. The minimum Gasteiger partial charge on any atom is -0.348 e. The van der Waals surface area contributed by atoms with Crippen LogP contribution >= 0.6 is 0 Å². The zero-order valence-electron chi connectivity index (χ0n) is 17.4. The zero-order valence-corrected chi connectivity index (χ0v) is 18.2. The Morgan fingerprint density at radius 3 is 2.53 bits per heavy atom. The largest absolute Gasteiger partial charge is 0.348 e. The summed E-state index contributed by atoms with van der Waals surface area (Å²) >= 11 is 0. The Bertz CT molecular complexity index is 1000. The minimum absolute atomic E-state index is 0.0287. The summed E-state index contributed by atoms with van der Waals surface area (Å²) in [4.78, 5) is 17.3. The average Bonchev–Trinajstić information content (AvgIpc) is 2.79. The van der Waals surface area contributed by atoms with E-state index < -0.39 is 10.0 Å². The van der Waals surface area contributed by atoms with Gasteiger partial charge in [0.25, 0.3) is 0 Å². The van der Waals surface area contributed by atoms with Gasteiger partial charge in [-0.2, -0.15) is 4.31 Å². The number of fused-ring (bicyclic) bond motifs is 1. The van der Waals surface area contributed by atoms with Crippen LogP contribution in [0.2, 0.25) is 0 Å². The zero-order chi connectivity index (χ0) is 21.1. The van der Waals surface area contributed by atoms with E-state index >= 15 is 0 Å². The smallest absolute Gasteiger partial charge is 0.243 e. The molecule has 2 aromatic rings. The Balaban J connectivity index is 1.37. The van der Waals surface area contributed by atoms with Gasteiger partial charge in [0.2, 0.25) is 15.9 Å². The van der Waals surface area contributed by atoms with Crippen molar-refractivity contribution in [3.05, 3.63) is 59.4 Å². The molecule has 1 atom stereocenters. The summed E-state index contributed by atoms with van der Waals surface area (Å²) < 4.78 is 27.8. The van der Waals surface area contributed by atoms with E-state index in [9.17, 15) is 13.2 Å². The number of aromatic nitrogens is 1. The van der Waals surface area contributed by atoms with E-state index in [1.54, 1.807) is 12.3 Å². The number of hydrogen-bond donors (Lipinski definition) is 1. The van der Waals surface area contributed by atoms with Crippen LogP contribution in [0.15, 0.2) is 47.5 Å². The van der Waals surface area contributed by atoms with Crippen molar-refractivity contribution >= 4 is 15.9 Å². The molecular formula is C23H29N3O3S. The summed E-state index contributed by atoms with van der Waals surface area (Å²) in [5.74, 6) is -0.204. The Labute approximate surface area is 178 Å². The summed E-state index contributed by atoms with van der Waals surface area (Å²) in [5, 5.41) is 3.02. The fraction of sp³-hybridized carbons (Fsp3) is 0.478. The number of amides is 1. The van der Waals surface area contributed by atoms with Gasteiger partial charge < -0.3 is 5.32 Å². The number of rotatable bonds is 5. The van der Waals surface area contributed by atoms with Crippen LogP contribution in [0.25, 0.3) is 0 Å². The molecule has 4 rings (SSSR count). The summed E-state index contributed by atoms with van der Waals surface area (Å²) in [7, 11) is -3.52. The molecule has 2 heterocycles. The topological polar surface area (TPSA) is 79.4 Å². The third-order valence-corrected chi connectivity index (χ3v) is 8.17.